The van der Waals surface area contributed by atoms with E-state index in [-0.39, 0.29) is 23.3 Å². The van der Waals surface area contributed by atoms with Crippen LogP contribution in [0.1, 0.15) is 16.8 Å². The van der Waals surface area contributed by atoms with E-state index in [1.54, 1.807) is 6.07 Å². The number of halogens is 1. The molecule has 0 aromatic heterocycles. The quantitative estimate of drug-likeness (QED) is 0.841. The van der Waals surface area contributed by atoms with Gasteiger partial charge in [0.15, 0.2) is 0 Å². The fourth-order valence-corrected chi connectivity index (χ4v) is 2.18. The summed E-state index contributed by atoms with van der Waals surface area (Å²) in [5, 5.41) is 12.9. The highest BCUT2D eigenvalue weighted by Crippen LogP contribution is 2.21. The number of nitrogens with zero attached hydrogens (tertiary/aromatic N) is 1. The summed E-state index contributed by atoms with van der Waals surface area (Å²) in [7, 11) is 2.02. The zero-order chi connectivity index (χ0) is 12.4. The van der Waals surface area contributed by atoms with Crippen molar-refractivity contribution in [3.8, 4) is 5.75 Å². The minimum Gasteiger partial charge on any atom is -0.507 e. The lowest BCUT2D eigenvalue weighted by atomic mass is 10.1. The summed E-state index contributed by atoms with van der Waals surface area (Å²) >= 11 is 5.80. The molecule has 0 aliphatic carbocycles. The lowest BCUT2D eigenvalue weighted by Gasteiger charge is -2.13. The fourth-order valence-electron chi connectivity index (χ4n) is 2.01. The van der Waals surface area contributed by atoms with E-state index in [4.69, 9.17) is 11.6 Å². The molecule has 1 aromatic rings. The molecule has 1 aliphatic rings. The van der Waals surface area contributed by atoms with Gasteiger partial charge in [0.2, 0.25) is 0 Å². The molecule has 2 rings (SSSR count). The molecule has 1 saturated heterocycles. The zero-order valence-corrected chi connectivity index (χ0v) is 10.4. The molecule has 1 atom stereocenters. The van der Waals surface area contributed by atoms with Gasteiger partial charge in [-0.25, -0.2) is 0 Å². The molecule has 92 valence electrons. The van der Waals surface area contributed by atoms with Gasteiger partial charge in [0, 0.05) is 17.6 Å². The average Bonchev–Trinajstić information content (AvgIpc) is 2.67. The van der Waals surface area contributed by atoms with Crippen LogP contribution in [0.5, 0.6) is 5.75 Å². The van der Waals surface area contributed by atoms with Gasteiger partial charge >= 0.3 is 0 Å². The van der Waals surface area contributed by atoms with Crippen LogP contribution in [0.2, 0.25) is 5.02 Å². The molecule has 1 aliphatic heterocycles. The number of likely N-dealkylation sites (tertiary alicyclic amines) is 1. The summed E-state index contributed by atoms with van der Waals surface area (Å²) in [4.78, 5) is 14.1. The maximum Gasteiger partial charge on any atom is 0.255 e. The Morgan fingerprint density at radius 2 is 2.35 bits per heavy atom. The van der Waals surface area contributed by atoms with Crippen LogP contribution in [0.15, 0.2) is 18.2 Å². The highest BCUT2D eigenvalue weighted by atomic mass is 35.5. The maximum absolute atomic E-state index is 11.9. The average molecular weight is 255 g/mol. The highest BCUT2D eigenvalue weighted by molar-refractivity contribution is 6.31. The normalized spacial score (nSPS) is 20.5. The van der Waals surface area contributed by atoms with Crippen LogP contribution in [0, 0.1) is 0 Å². The molecule has 0 radical (unpaired) electrons. The topological polar surface area (TPSA) is 52.6 Å². The molecular weight excluding hydrogens is 240 g/mol. The van der Waals surface area contributed by atoms with E-state index < -0.39 is 0 Å². The van der Waals surface area contributed by atoms with E-state index in [0.29, 0.717) is 5.02 Å². The predicted molar refractivity (Wildman–Crippen MR) is 66.5 cm³/mol. The summed E-state index contributed by atoms with van der Waals surface area (Å²) in [5.74, 6) is -0.316. The summed E-state index contributed by atoms with van der Waals surface area (Å²) in [6.07, 6.45) is 0.934. The molecule has 1 heterocycles. The SMILES string of the molecule is CN1CCC(NC(=O)c2cc(Cl)ccc2O)C1. The van der Waals surface area contributed by atoms with Crippen LogP contribution in [-0.2, 0) is 0 Å². The van der Waals surface area contributed by atoms with Crippen LogP contribution in [0.4, 0.5) is 0 Å². The minimum absolute atomic E-state index is 0.0433. The number of phenols is 1. The minimum atomic E-state index is -0.273. The van der Waals surface area contributed by atoms with Gasteiger partial charge in [-0.05, 0) is 38.2 Å². The van der Waals surface area contributed by atoms with Crippen molar-refractivity contribution in [2.75, 3.05) is 20.1 Å². The molecule has 1 unspecified atom stereocenters. The number of nitrogens with one attached hydrogen (secondary N) is 1. The summed E-state index contributed by atoms with van der Waals surface area (Å²) in [5.41, 5.74) is 0.229. The smallest absolute Gasteiger partial charge is 0.255 e. The molecule has 0 spiro atoms. The number of carbonyl (C=O) groups excluding carboxylic acids is 1. The van der Waals surface area contributed by atoms with E-state index in [1.165, 1.54) is 12.1 Å². The zero-order valence-electron chi connectivity index (χ0n) is 9.61. The van der Waals surface area contributed by atoms with E-state index in [2.05, 4.69) is 10.2 Å². The van der Waals surface area contributed by atoms with E-state index >= 15 is 0 Å². The van der Waals surface area contributed by atoms with Crippen LogP contribution >= 0.6 is 11.6 Å². The van der Waals surface area contributed by atoms with Crippen LogP contribution in [-0.4, -0.2) is 42.1 Å². The van der Waals surface area contributed by atoms with Crippen molar-refractivity contribution in [1.82, 2.24) is 10.2 Å². The Kier molecular flexibility index (Phi) is 3.54. The number of carbonyl (C=O) groups is 1. The molecule has 0 saturated carbocycles. The lowest BCUT2D eigenvalue weighted by Crippen LogP contribution is -2.36. The van der Waals surface area contributed by atoms with E-state index in [0.717, 1.165) is 19.5 Å². The Balaban J connectivity index is 2.06. The third-order valence-electron chi connectivity index (χ3n) is 2.93. The highest BCUT2D eigenvalue weighted by Gasteiger charge is 2.22. The van der Waals surface area contributed by atoms with Crippen molar-refractivity contribution < 1.29 is 9.90 Å². The monoisotopic (exact) mass is 254 g/mol. The third kappa shape index (κ3) is 2.90. The second-order valence-electron chi connectivity index (χ2n) is 4.38. The van der Waals surface area contributed by atoms with Gasteiger partial charge in [-0.1, -0.05) is 11.6 Å². The van der Waals surface area contributed by atoms with Crippen molar-refractivity contribution in [2.24, 2.45) is 0 Å². The van der Waals surface area contributed by atoms with Gasteiger partial charge in [-0.2, -0.15) is 0 Å². The molecule has 17 heavy (non-hydrogen) atoms. The Hall–Kier alpha value is -1.26. The second-order valence-corrected chi connectivity index (χ2v) is 4.82. The number of hydrogen-bond acceptors (Lipinski definition) is 3. The van der Waals surface area contributed by atoms with E-state index in [1.807, 2.05) is 7.05 Å². The Bertz CT molecular complexity index is 437. The summed E-state index contributed by atoms with van der Waals surface area (Å²) < 4.78 is 0. The first-order chi connectivity index (χ1) is 8.06. The number of phenolic OH excluding ortho intramolecular Hbond substituents is 1. The fraction of sp³-hybridized carbons (Fsp3) is 0.417. The molecule has 5 heteroatoms. The molecule has 1 amide bonds. The Morgan fingerprint density at radius 3 is 3.00 bits per heavy atom. The number of amides is 1. The largest absolute Gasteiger partial charge is 0.507 e. The molecule has 4 nitrogen and oxygen atoms in total. The Labute approximate surface area is 105 Å². The van der Waals surface area contributed by atoms with Gasteiger partial charge < -0.3 is 15.3 Å². The van der Waals surface area contributed by atoms with Crippen molar-refractivity contribution in [1.29, 1.82) is 0 Å². The number of aromatic hydroxyl groups is 1. The molecule has 0 bridgehead atoms. The standard InChI is InChI=1S/C12H15ClN2O2/c1-15-5-4-9(7-15)14-12(17)10-6-8(13)2-3-11(10)16/h2-3,6,9,16H,4-5,7H2,1H3,(H,14,17). The van der Waals surface area contributed by atoms with Gasteiger partial charge in [0.25, 0.3) is 5.91 Å². The van der Waals surface area contributed by atoms with Gasteiger partial charge in [0.1, 0.15) is 5.75 Å². The van der Waals surface area contributed by atoms with Crippen molar-refractivity contribution in [3.05, 3.63) is 28.8 Å². The maximum atomic E-state index is 11.9. The first-order valence-corrected chi connectivity index (χ1v) is 5.92. The van der Waals surface area contributed by atoms with Gasteiger partial charge in [-0.15, -0.1) is 0 Å². The van der Waals surface area contributed by atoms with Gasteiger partial charge in [0.05, 0.1) is 5.56 Å². The van der Waals surface area contributed by atoms with Crippen molar-refractivity contribution in [3.63, 3.8) is 0 Å². The number of hydrogen-bond donors (Lipinski definition) is 2. The molecule has 2 N–H and O–H groups in total. The second kappa shape index (κ2) is 4.94. The lowest BCUT2D eigenvalue weighted by molar-refractivity contribution is 0.0936. The molecular formula is C12H15ClN2O2. The number of likely N-dealkylation sites (N-methyl/N-ethyl adjacent to an activating group) is 1. The first-order valence-electron chi connectivity index (χ1n) is 5.54. The molecule has 1 aromatic carbocycles. The van der Waals surface area contributed by atoms with Crippen LogP contribution < -0.4 is 5.32 Å². The van der Waals surface area contributed by atoms with Crippen molar-refractivity contribution in [2.45, 2.75) is 12.5 Å². The molecule has 1 fully saturated rings. The number of benzene rings is 1. The summed E-state index contributed by atoms with van der Waals surface area (Å²) in [6.45, 7) is 1.82. The van der Waals surface area contributed by atoms with Crippen molar-refractivity contribution >= 4 is 17.5 Å². The Morgan fingerprint density at radius 1 is 1.59 bits per heavy atom. The number of rotatable bonds is 2. The van der Waals surface area contributed by atoms with Gasteiger partial charge in [-0.3, -0.25) is 4.79 Å². The van der Waals surface area contributed by atoms with E-state index in [9.17, 15) is 9.90 Å². The third-order valence-corrected chi connectivity index (χ3v) is 3.16. The predicted octanol–water partition coefficient (Wildman–Crippen LogP) is 1.48. The summed E-state index contributed by atoms with van der Waals surface area (Å²) in [6, 6.07) is 4.60. The van der Waals surface area contributed by atoms with Crippen LogP contribution in [0.25, 0.3) is 0 Å². The first kappa shape index (κ1) is 12.2. The van der Waals surface area contributed by atoms with Crippen LogP contribution in [0.3, 0.4) is 0 Å².